The number of carbonyl (C=O) groups excluding carboxylic acids is 3. The van der Waals surface area contributed by atoms with Crippen LogP contribution in [-0.2, 0) is 14.4 Å². The molecule has 1 N–H and O–H groups in total. The van der Waals surface area contributed by atoms with Crippen molar-refractivity contribution >= 4 is 23.2 Å². The predicted octanol–water partition coefficient (Wildman–Crippen LogP) is 3.81. The summed E-state index contributed by atoms with van der Waals surface area (Å²) in [6.45, 7) is 3.38. The van der Waals surface area contributed by atoms with Crippen LogP contribution in [0.5, 0.6) is 0 Å². The summed E-state index contributed by atoms with van der Waals surface area (Å²) in [5.74, 6) is -8.77. The molecular weight excluding hydrogens is 382 g/mol. The Labute approximate surface area is 141 Å². The van der Waals surface area contributed by atoms with Gasteiger partial charge in [-0.1, -0.05) is 13.8 Å². The third-order valence-corrected chi connectivity index (χ3v) is 2.43. The molecule has 0 aliphatic rings. The van der Waals surface area contributed by atoms with Gasteiger partial charge in [-0.3, -0.25) is 14.4 Å². The zero-order chi connectivity index (χ0) is 20.9. The van der Waals surface area contributed by atoms with Gasteiger partial charge in [-0.25, -0.2) is 8.78 Å². The van der Waals surface area contributed by atoms with E-state index in [-0.39, 0.29) is 17.5 Å². The van der Waals surface area contributed by atoms with Gasteiger partial charge in [-0.05, 0) is 12.1 Å². The van der Waals surface area contributed by atoms with Crippen LogP contribution in [0.15, 0.2) is 18.2 Å². The van der Waals surface area contributed by atoms with Crippen LogP contribution in [-0.4, -0.2) is 29.8 Å². The molecule has 1 rings (SSSR count). The van der Waals surface area contributed by atoms with Gasteiger partial charge in [0.1, 0.15) is 11.6 Å². The second-order valence-electron chi connectivity index (χ2n) is 4.92. The lowest BCUT2D eigenvalue weighted by Gasteiger charge is -2.08. The molecule has 1 aromatic rings. The molecule has 0 atom stereocenters. The minimum Gasteiger partial charge on any atom is -0.323 e. The molecule has 0 spiro atoms. The number of Topliss-reactive ketones (excluding diaryl/α,β-unsaturated/α-hetero) is 2. The first-order valence-electron chi connectivity index (χ1n) is 6.56. The number of benzene rings is 1. The smallest absolute Gasteiger partial charge is 0.323 e. The van der Waals surface area contributed by atoms with Crippen molar-refractivity contribution in [3.63, 3.8) is 0 Å². The van der Waals surface area contributed by atoms with Crippen molar-refractivity contribution in [3.8, 4) is 0 Å². The fourth-order valence-corrected chi connectivity index (χ4v) is 1.13. The Morgan fingerprint density at radius 2 is 1.31 bits per heavy atom. The van der Waals surface area contributed by atoms with E-state index < -0.39 is 35.6 Å². The van der Waals surface area contributed by atoms with Gasteiger partial charge in [-0.15, -0.1) is 0 Å². The number of ketones is 2. The first kappa shape index (κ1) is 23.5. The minimum absolute atomic E-state index is 0.00472. The highest BCUT2D eigenvalue weighted by molar-refractivity contribution is 6.41. The number of halogens is 8. The molecule has 12 heteroatoms. The van der Waals surface area contributed by atoms with E-state index in [1.165, 1.54) is 6.07 Å². The zero-order valence-corrected chi connectivity index (χ0v) is 13.1. The monoisotopic (exact) mass is 393 g/mol. The summed E-state index contributed by atoms with van der Waals surface area (Å²) in [5.41, 5.74) is 0.00472. The molecule has 0 bridgehead atoms. The van der Waals surface area contributed by atoms with Crippen molar-refractivity contribution < 1.29 is 49.5 Å². The third kappa shape index (κ3) is 7.57. The Balaban J connectivity index is 0.000000488. The van der Waals surface area contributed by atoms with E-state index in [1.54, 1.807) is 13.8 Å². The highest BCUT2D eigenvalue weighted by atomic mass is 19.4. The second kappa shape index (κ2) is 8.72. The van der Waals surface area contributed by atoms with Crippen LogP contribution in [0.2, 0.25) is 0 Å². The molecule has 0 aliphatic heterocycles. The lowest BCUT2D eigenvalue weighted by Crippen LogP contribution is -2.39. The van der Waals surface area contributed by atoms with Crippen LogP contribution in [0.3, 0.4) is 0 Å². The van der Waals surface area contributed by atoms with Crippen molar-refractivity contribution in [3.05, 3.63) is 29.8 Å². The van der Waals surface area contributed by atoms with E-state index >= 15 is 0 Å². The molecule has 0 saturated carbocycles. The number of rotatable bonds is 3. The van der Waals surface area contributed by atoms with Gasteiger partial charge < -0.3 is 5.32 Å². The van der Waals surface area contributed by atoms with E-state index in [0.29, 0.717) is 0 Å². The fraction of sp³-hybridized carbons (Fsp3) is 0.357. The maximum Gasteiger partial charge on any atom is 0.458 e. The molecule has 4 nitrogen and oxygen atoms in total. The van der Waals surface area contributed by atoms with Crippen molar-refractivity contribution in [1.82, 2.24) is 0 Å². The third-order valence-electron chi connectivity index (χ3n) is 2.43. The molecule has 146 valence electrons. The molecule has 0 radical (unpaired) electrons. The van der Waals surface area contributed by atoms with E-state index in [0.717, 1.165) is 12.1 Å². The summed E-state index contributed by atoms with van der Waals surface area (Å²) in [6.07, 6.45) is -11.5. The first-order valence-corrected chi connectivity index (χ1v) is 6.56. The summed E-state index contributed by atoms with van der Waals surface area (Å²) in [4.78, 5) is 30.4. The number of hydrogen-bond acceptors (Lipinski definition) is 3. The lowest BCUT2D eigenvalue weighted by atomic mass is 10.2. The normalized spacial score (nSPS) is 11.5. The van der Waals surface area contributed by atoms with Gasteiger partial charge in [-0.2, -0.15) is 26.3 Å². The number of nitrogens with one attached hydrogen (secondary N) is 1. The average Bonchev–Trinajstić information content (AvgIpc) is 2.47. The average molecular weight is 393 g/mol. The topological polar surface area (TPSA) is 63.2 Å². The van der Waals surface area contributed by atoms with E-state index in [9.17, 15) is 49.5 Å². The Morgan fingerprint density at radius 3 is 1.62 bits per heavy atom. The van der Waals surface area contributed by atoms with Gasteiger partial charge in [0.2, 0.25) is 5.91 Å². The molecule has 0 fully saturated rings. The predicted molar refractivity (Wildman–Crippen MR) is 71.9 cm³/mol. The number of hydrogen-bond donors (Lipinski definition) is 1. The summed E-state index contributed by atoms with van der Waals surface area (Å²) < 4.78 is 92.5. The Hall–Kier alpha value is -2.53. The minimum atomic E-state index is -5.77. The quantitative estimate of drug-likeness (QED) is 0.628. The van der Waals surface area contributed by atoms with Crippen LogP contribution < -0.4 is 5.32 Å². The van der Waals surface area contributed by atoms with Crippen molar-refractivity contribution in [2.45, 2.75) is 26.2 Å². The van der Waals surface area contributed by atoms with E-state index in [2.05, 4.69) is 5.32 Å². The second-order valence-corrected chi connectivity index (χ2v) is 4.92. The molecule has 0 unspecified atom stereocenters. The molecule has 0 heterocycles. The van der Waals surface area contributed by atoms with Gasteiger partial charge in [0.15, 0.2) is 0 Å². The van der Waals surface area contributed by atoms with Crippen LogP contribution in [0.25, 0.3) is 0 Å². The maximum absolute atomic E-state index is 13.0. The molecule has 1 aromatic carbocycles. The van der Waals surface area contributed by atoms with E-state index in [4.69, 9.17) is 0 Å². The van der Waals surface area contributed by atoms with Crippen molar-refractivity contribution in [2.75, 3.05) is 5.32 Å². The van der Waals surface area contributed by atoms with Gasteiger partial charge in [0.05, 0.1) is 5.69 Å². The summed E-state index contributed by atoms with van der Waals surface area (Å²) in [5, 5.41) is 2.36. The van der Waals surface area contributed by atoms with E-state index in [1.807, 2.05) is 0 Å². The first-order chi connectivity index (χ1) is 11.6. The lowest BCUT2D eigenvalue weighted by molar-refractivity contribution is -0.193. The molecule has 0 aromatic heterocycles. The Kier molecular flexibility index (Phi) is 7.87. The number of alkyl halides is 6. The molecular formula is C14H11F8NO3. The standard InChI is InChI=1S/C10H11F2NO.C4F6O2/c1-6(2)10(14)13-9-4-3-7(11)5-8(9)12;5-3(6,7)1(11)2(12)4(8,9)10/h3-6H,1-2H3,(H,13,14);. The molecule has 0 saturated heterocycles. The van der Waals surface area contributed by atoms with Gasteiger partial charge >= 0.3 is 23.9 Å². The van der Waals surface area contributed by atoms with Crippen LogP contribution in [0.1, 0.15) is 13.8 Å². The van der Waals surface area contributed by atoms with Crippen LogP contribution >= 0.6 is 0 Å². The highest BCUT2D eigenvalue weighted by Crippen LogP contribution is 2.24. The fourth-order valence-electron chi connectivity index (χ4n) is 1.13. The van der Waals surface area contributed by atoms with Crippen molar-refractivity contribution in [1.29, 1.82) is 0 Å². The number of anilines is 1. The number of carbonyl (C=O) groups is 3. The van der Waals surface area contributed by atoms with Gasteiger partial charge in [0.25, 0.3) is 0 Å². The highest BCUT2D eigenvalue weighted by Gasteiger charge is 2.54. The van der Waals surface area contributed by atoms with Crippen LogP contribution in [0, 0.1) is 17.6 Å². The summed E-state index contributed by atoms with van der Waals surface area (Å²) in [6, 6.07) is 3.03. The molecule has 0 aliphatic carbocycles. The summed E-state index contributed by atoms with van der Waals surface area (Å²) >= 11 is 0. The number of amides is 1. The summed E-state index contributed by atoms with van der Waals surface area (Å²) in [7, 11) is 0. The largest absolute Gasteiger partial charge is 0.458 e. The zero-order valence-electron chi connectivity index (χ0n) is 13.1. The Bertz CT molecular complexity index is 656. The van der Waals surface area contributed by atoms with Crippen LogP contribution in [0.4, 0.5) is 40.8 Å². The molecule has 26 heavy (non-hydrogen) atoms. The maximum atomic E-state index is 13.0. The Morgan fingerprint density at radius 1 is 0.885 bits per heavy atom. The van der Waals surface area contributed by atoms with Crippen molar-refractivity contribution in [2.24, 2.45) is 5.92 Å². The SMILES string of the molecule is CC(C)C(=O)Nc1ccc(F)cc1F.O=C(C(=O)C(F)(F)F)C(F)(F)F. The molecule has 1 amide bonds. The van der Waals surface area contributed by atoms with Gasteiger partial charge in [0, 0.05) is 12.0 Å².